The fraction of sp³-hybridized carbons (Fsp3) is 0.115. The van der Waals surface area contributed by atoms with E-state index in [-0.39, 0.29) is 17.2 Å². The zero-order chi connectivity index (χ0) is 23.9. The van der Waals surface area contributed by atoms with Crippen LogP contribution in [0.2, 0.25) is 5.02 Å². The number of carbonyl (C=O) groups excluding carboxylic acids is 3. The molecule has 0 saturated carbocycles. The van der Waals surface area contributed by atoms with E-state index in [4.69, 9.17) is 21.1 Å². The molecule has 0 unspecified atom stereocenters. The number of thioether (sulfide) groups is 1. The SMILES string of the molecule is O=C(CN1C(=O)S/C(=C/c2cccc(OCCOc3ccccc3)c2)C1=O)c1ccc(Cl)cc1. The summed E-state index contributed by atoms with van der Waals surface area (Å²) in [6, 6.07) is 22.9. The molecule has 6 nitrogen and oxygen atoms in total. The van der Waals surface area contributed by atoms with Gasteiger partial charge in [-0.3, -0.25) is 19.3 Å². The van der Waals surface area contributed by atoms with Crippen LogP contribution >= 0.6 is 23.4 Å². The van der Waals surface area contributed by atoms with Gasteiger partial charge in [0.05, 0.1) is 11.4 Å². The lowest BCUT2D eigenvalue weighted by atomic mass is 10.1. The average molecular weight is 494 g/mol. The topological polar surface area (TPSA) is 72.9 Å². The zero-order valence-corrected chi connectivity index (χ0v) is 19.6. The summed E-state index contributed by atoms with van der Waals surface area (Å²) < 4.78 is 11.3. The molecule has 3 aromatic rings. The molecule has 4 rings (SSSR count). The number of Topliss-reactive ketones (excluding diaryl/α,β-unsaturated/α-hetero) is 1. The minimum absolute atomic E-state index is 0.249. The Bertz CT molecular complexity index is 1230. The molecule has 3 aromatic carbocycles. The summed E-state index contributed by atoms with van der Waals surface area (Å²) in [7, 11) is 0. The van der Waals surface area contributed by atoms with Crippen LogP contribution in [-0.4, -0.2) is 41.6 Å². The predicted molar refractivity (Wildman–Crippen MR) is 132 cm³/mol. The van der Waals surface area contributed by atoms with Gasteiger partial charge in [-0.15, -0.1) is 0 Å². The Balaban J connectivity index is 1.36. The molecule has 1 fully saturated rings. The first-order valence-electron chi connectivity index (χ1n) is 10.4. The molecule has 34 heavy (non-hydrogen) atoms. The second-order valence-electron chi connectivity index (χ2n) is 7.28. The first-order chi connectivity index (χ1) is 16.5. The normalized spacial score (nSPS) is 14.5. The maximum absolute atomic E-state index is 12.8. The summed E-state index contributed by atoms with van der Waals surface area (Å²) in [6.45, 7) is 0.407. The number of amides is 2. The van der Waals surface area contributed by atoms with Gasteiger partial charge in [0.25, 0.3) is 11.1 Å². The van der Waals surface area contributed by atoms with E-state index in [0.29, 0.717) is 35.1 Å². The first-order valence-corrected chi connectivity index (χ1v) is 11.6. The maximum Gasteiger partial charge on any atom is 0.293 e. The molecule has 0 atom stereocenters. The number of imide groups is 1. The molecule has 1 heterocycles. The van der Waals surface area contributed by atoms with Gasteiger partial charge in [-0.25, -0.2) is 0 Å². The lowest BCUT2D eigenvalue weighted by Crippen LogP contribution is -2.33. The number of benzene rings is 3. The molecule has 1 saturated heterocycles. The van der Waals surface area contributed by atoms with Crippen molar-refractivity contribution in [3.8, 4) is 11.5 Å². The molecule has 0 N–H and O–H groups in total. The van der Waals surface area contributed by atoms with E-state index in [9.17, 15) is 14.4 Å². The molecule has 0 bridgehead atoms. The third-order valence-corrected chi connectivity index (χ3v) is 6.02. The summed E-state index contributed by atoms with van der Waals surface area (Å²) in [6.07, 6.45) is 1.62. The van der Waals surface area contributed by atoms with Gasteiger partial charge in [0, 0.05) is 10.6 Å². The highest BCUT2D eigenvalue weighted by atomic mass is 35.5. The van der Waals surface area contributed by atoms with Crippen LogP contribution in [0.5, 0.6) is 11.5 Å². The lowest BCUT2D eigenvalue weighted by Gasteiger charge is -2.11. The van der Waals surface area contributed by atoms with E-state index < -0.39 is 11.1 Å². The summed E-state index contributed by atoms with van der Waals surface area (Å²) in [5, 5.41) is 0.0182. The van der Waals surface area contributed by atoms with Crippen LogP contribution in [0, 0.1) is 0 Å². The fourth-order valence-electron chi connectivity index (χ4n) is 3.19. The van der Waals surface area contributed by atoms with Gasteiger partial charge in [0.15, 0.2) is 5.78 Å². The maximum atomic E-state index is 12.8. The van der Waals surface area contributed by atoms with Crippen LogP contribution in [0.3, 0.4) is 0 Å². The molecule has 0 aromatic heterocycles. The van der Waals surface area contributed by atoms with Crippen molar-refractivity contribution in [2.45, 2.75) is 0 Å². The predicted octanol–water partition coefficient (Wildman–Crippen LogP) is 5.72. The van der Waals surface area contributed by atoms with Crippen molar-refractivity contribution in [1.82, 2.24) is 4.90 Å². The second kappa shape index (κ2) is 11.0. The largest absolute Gasteiger partial charge is 0.490 e. The number of ketones is 1. The number of rotatable bonds is 9. The third-order valence-electron chi connectivity index (χ3n) is 4.86. The fourth-order valence-corrected chi connectivity index (χ4v) is 4.15. The number of hydrogen-bond donors (Lipinski definition) is 0. The highest BCUT2D eigenvalue weighted by Gasteiger charge is 2.36. The molecule has 1 aliphatic rings. The Labute approximate surface area is 206 Å². The Hall–Kier alpha value is -3.55. The molecule has 0 radical (unpaired) electrons. The number of halogens is 1. The van der Waals surface area contributed by atoms with Crippen molar-refractivity contribution >= 4 is 46.4 Å². The van der Waals surface area contributed by atoms with Gasteiger partial charge in [0.2, 0.25) is 0 Å². The van der Waals surface area contributed by atoms with Crippen molar-refractivity contribution in [3.63, 3.8) is 0 Å². The number of carbonyl (C=O) groups is 3. The Morgan fingerprint density at radius 2 is 1.56 bits per heavy atom. The molecular formula is C26H20ClNO5S. The molecule has 1 aliphatic heterocycles. The van der Waals surface area contributed by atoms with Crippen LogP contribution < -0.4 is 9.47 Å². The second-order valence-corrected chi connectivity index (χ2v) is 8.71. The molecule has 172 valence electrons. The Morgan fingerprint density at radius 1 is 0.882 bits per heavy atom. The minimum Gasteiger partial charge on any atom is -0.490 e. The van der Waals surface area contributed by atoms with E-state index in [1.807, 2.05) is 30.3 Å². The molecule has 8 heteroatoms. The summed E-state index contributed by atoms with van der Waals surface area (Å²) in [5.74, 6) is 0.543. The van der Waals surface area contributed by atoms with Crippen molar-refractivity contribution in [3.05, 3.63) is 99.9 Å². The van der Waals surface area contributed by atoms with Crippen LogP contribution in [0.25, 0.3) is 6.08 Å². The summed E-state index contributed by atoms with van der Waals surface area (Å²) >= 11 is 6.65. The van der Waals surface area contributed by atoms with E-state index in [0.717, 1.165) is 22.4 Å². The number of hydrogen-bond acceptors (Lipinski definition) is 6. The van der Waals surface area contributed by atoms with Crippen molar-refractivity contribution in [2.75, 3.05) is 19.8 Å². The van der Waals surface area contributed by atoms with Gasteiger partial charge >= 0.3 is 0 Å². The van der Waals surface area contributed by atoms with Gasteiger partial charge < -0.3 is 9.47 Å². The van der Waals surface area contributed by atoms with Crippen molar-refractivity contribution in [2.24, 2.45) is 0 Å². The van der Waals surface area contributed by atoms with Gasteiger partial charge in [-0.1, -0.05) is 41.9 Å². The molecule has 2 amide bonds. The number of para-hydroxylation sites is 1. The number of ether oxygens (including phenoxy) is 2. The van der Waals surface area contributed by atoms with Gasteiger partial charge in [-0.2, -0.15) is 0 Å². The zero-order valence-electron chi connectivity index (χ0n) is 18.0. The van der Waals surface area contributed by atoms with E-state index in [1.54, 1.807) is 54.6 Å². The van der Waals surface area contributed by atoms with E-state index >= 15 is 0 Å². The van der Waals surface area contributed by atoms with Crippen molar-refractivity contribution in [1.29, 1.82) is 0 Å². The van der Waals surface area contributed by atoms with Crippen LogP contribution in [0.1, 0.15) is 15.9 Å². The van der Waals surface area contributed by atoms with Crippen LogP contribution in [-0.2, 0) is 4.79 Å². The number of nitrogens with zero attached hydrogens (tertiary/aromatic N) is 1. The molecule has 0 spiro atoms. The summed E-state index contributed by atoms with van der Waals surface area (Å²) in [5.41, 5.74) is 1.09. The Morgan fingerprint density at radius 3 is 2.29 bits per heavy atom. The molecular weight excluding hydrogens is 474 g/mol. The standard InChI is InChI=1S/C26H20ClNO5S/c27-20-11-9-19(10-12-20)23(29)17-28-25(30)24(34-26(28)31)16-18-5-4-8-22(15-18)33-14-13-32-21-6-2-1-3-7-21/h1-12,15-16H,13-14,17H2/b24-16+. The van der Waals surface area contributed by atoms with Gasteiger partial charge in [0.1, 0.15) is 24.7 Å². The highest BCUT2D eigenvalue weighted by Crippen LogP contribution is 2.32. The highest BCUT2D eigenvalue weighted by molar-refractivity contribution is 8.18. The lowest BCUT2D eigenvalue weighted by molar-refractivity contribution is -0.122. The average Bonchev–Trinajstić information content (AvgIpc) is 3.10. The monoisotopic (exact) mass is 493 g/mol. The molecule has 0 aliphatic carbocycles. The smallest absolute Gasteiger partial charge is 0.293 e. The minimum atomic E-state index is -0.500. The first kappa shape index (κ1) is 23.6. The van der Waals surface area contributed by atoms with Crippen LogP contribution in [0.4, 0.5) is 4.79 Å². The van der Waals surface area contributed by atoms with E-state index in [2.05, 4.69) is 0 Å². The van der Waals surface area contributed by atoms with Crippen molar-refractivity contribution < 1.29 is 23.9 Å². The summed E-state index contributed by atoms with van der Waals surface area (Å²) in [4.78, 5) is 38.8. The quantitative estimate of drug-likeness (QED) is 0.216. The third kappa shape index (κ3) is 6.07. The van der Waals surface area contributed by atoms with Gasteiger partial charge in [-0.05, 0) is 71.9 Å². The Kier molecular flexibility index (Phi) is 7.67. The van der Waals surface area contributed by atoms with Crippen LogP contribution in [0.15, 0.2) is 83.8 Å². The van der Waals surface area contributed by atoms with E-state index in [1.165, 1.54) is 0 Å².